The first kappa shape index (κ1) is 21.5. The van der Waals surface area contributed by atoms with Crippen LogP contribution in [0.1, 0.15) is 61.9 Å². The molecule has 2 aliphatic rings. The standard InChI is InChI=1S/C25H30FN3O2/c1-17(30)15-23(20-6-2-8-21(26)16-20)29-14-12-19(25(29)31)5-3-9-22-11-10-18-7-4-13-27-24(18)28-22/h2,6,8,10-11,16,19,23H,3-5,7,9,12-15H2,1H3,(H,27,28)/t19?,23-/m0/s1. The Balaban J connectivity index is 1.37. The number of amides is 1. The van der Waals surface area contributed by atoms with Gasteiger partial charge in [0.25, 0.3) is 0 Å². The predicted octanol–water partition coefficient (Wildman–Crippen LogP) is 4.47. The van der Waals surface area contributed by atoms with E-state index in [0.717, 1.165) is 56.6 Å². The van der Waals surface area contributed by atoms with E-state index in [1.165, 1.54) is 24.6 Å². The van der Waals surface area contributed by atoms with E-state index in [2.05, 4.69) is 17.4 Å². The van der Waals surface area contributed by atoms with Crippen LogP contribution < -0.4 is 5.32 Å². The Morgan fingerprint density at radius 1 is 1.32 bits per heavy atom. The molecule has 0 spiro atoms. The zero-order valence-electron chi connectivity index (χ0n) is 18.1. The van der Waals surface area contributed by atoms with Crippen LogP contribution >= 0.6 is 0 Å². The Hall–Kier alpha value is -2.76. The van der Waals surface area contributed by atoms with E-state index in [1.807, 2.05) is 0 Å². The lowest BCUT2D eigenvalue weighted by Gasteiger charge is -2.28. The number of anilines is 1. The van der Waals surface area contributed by atoms with Gasteiger partial charge in [-0.15, -0.1) is 0 Å². The maximum Gasteiger partial charge on any atom is 0.226 e. The molecule has 164 valence electrons. The van der Waals surface area contributed by atoms with Crippen LogP contribution in [0.15, 0.2) is 36.4 Å². The fourth-order valence-corrected chi connectivity index (χ4v) is 4.77. The fraction of sp³-hybridized carbons (Fsp3) is 0.480. The second-order valence-corrected chi connectivity index (χ2v) is 8.73. The number of hydrogen-bond acceptors (Lipinski definition) is 4. The highest BCUT2D eigenvalue weighted by Crippen LogP contribution is 2.34. The van der Waals surface area contributed by atoms with Crippen molar-refractivity contribution in [2.75, 3.05) is 18.4 Å². The second-order valence-electron chi connectivity index (χ2n) is 8.73. The summed E-state index contributed by atoms with van der Waals surface area (Å²) in [5.41, 5.74) is 3.03. The zero-order valence-corrected chi connectivity index (χ0v) is 18.1. The molecule has 1 fully saturated rings. The van der Waals surface area contributed by atoms with Gasteiger partial charge in [0, 0.05) is 31.1 Å². The molecular formula is C25H30FN3O2. The molecule has 1 unspecified atom stereocenters. The van der Waals surface area contributed by atoms with Crippen molar-refractivity contribution in [3.05, 3.63) is 59.0 Å². The molecule has 5 nitrogen and oxygen atoms in total. The van der Waals surface area contributed by atoms with Gasteiger partial charge in [-0.1, -0.05) is 18.2 Å². The number of Topliss-reactive ketones (excluding diaryl/α,β-unsaturated/α-hetero) is 1. The summed E-state index contributed by atoms with van der Waals surface area (Å²) in [6.45, 7) is 3.10. The molecule has 0 bridgehead atoms. The van der Waals surface area contributed by atoms with Crippen LogP contribution in [0.5, 0.6) is 0 Å². The molecule has 1 aromatic carbocycles. The summed E-state index contributed by atoms with van der Waals surface area (Å²) in [5, 5.41) is 3.37. The van der Waals surface area contributed by atoms with Crippen LogP contribution in [0.3, 0.4) is 0 Å². The van der Waals surface area contributed by atoms with E-state index in [0.29, 0.717) is 12.1 Å². The number of ketones is 1. The largest absolute Gasteiger partial charge is 0.370 e. The summed E-state index contributed by atoms with van der Waals surface area (Å²) in [6, 6.07) is 10.1. The number of aromatic nitrogens is 1. The van der Waals surface area contributed by atoms with Gasteiger partial charge >= 0.3 is 0 Å². The van der Waals surface area contributed by atoms with Crippen molar-refractivity contribution in [3.63, 3.8) is 0 Å². The Bertz CT molecular complexity index is 962. The van der Waals surface area contributed by atoms with E-state index in [-0.39, 0.29) is 35.9 Å². The summed E-state index contributed by atoms with van der Waals surface area (Å²) in [4.78, 5) is 31.5. The predicted molar refractivity (Wildman–Crippen MR) is 118 cm³/mol. The molecule has 0 radical (unpaired) electrons. The number of rotatable bonds is 8. The van der Waals surface area contributed by atoms with E-state index in [1.54, 1.807) is 17.0 Å². The zero-order chi connectivity index (χ0) is 21.8. The number of nitrogens with zero attached hydrogens (tertiary/aromatic N) is 2. The summed E-state index contributed by atoms with van der Waals surface area (Å²) in [6.07, 6.45) is 5.77. The Morgan fingerprint density at radius 3 is 3.00 bits per heavy atom. The molecule has 0 saturated carbocycles. The lowest BCUT2D eigenvalue weighted by molar-refractivity contribution is -0.134. The monoisotopic (exact) mass is 423 g/mol. The molecule has 2 aromatic rings. The molecule has 1 N–H and O–H groups in total. The number of aryl methyl sites for hydroxylation is 2. The number of likely N-dealkylation sites (tertiary alicyclic amines) is 1. The highest BCUT2D eigenvalue weighted by Gasteiger charge is 2.36. The summed E-state index contributed by atoms with van der Waals surface area (Å²) in [5.74, 6) is 0.697. The van der Waals surface area contributed by atoms with Crippen molar-refractivity contribution >= 4 is 17.5 Å². The number of fused-ring (bicyclic) bond motifs is 1. The minimum Gasteiger partial charge on any atom is -0.370 e. The molecule has 4 rings (SSSR count). The third-order valence-electron chi connectivity index (χ3n) is 6.38. The molecule has 31 heavy (non-hydrogen) atoms. The van der Waals surface area contributed by atoms with E-state index < -0.39 is 0 Å². The topological polar surface area (TPSA) is 62.3 Å². The van der Waals surface area contributed by atoms with E-state index in [9.17, 15) is 14.0 Å². The molecule has 2 atom stereocenters. The maximum absolute atomic E-state index is 13.8. The average Bonchev–Trinajstić information content (AvgIpc) is 3.12. The first-order valence-electron chi connectivity index (χ1n) is 11.3. The summed E-state index contributed by atoms with van der Waals surface area (Å²) in [7, 11) is 0. The van der Waals surface area contributed by atoms with Gasteiger partial charge in [-0.05, 0) is 74.8 Å². The van der Waals surface area contributed by atoms with Crippen LogP contribution in [-0.2, 0) is 22.4 Å². The Labute approximate surface area is 183 Å². The number of benzene rings is 1. The lowest BCUT2D eigenvalue weighted by Crippen LogP contribution is -2.33. The van der Waals surface area contributed by atoms with Gasteiger partial charge in [0.05, 0.1) is 6.04 Å². The number of carbonyl (C=O) groups is 2. The summed E-state index contributed by atoms with van der Waals surface area (Å²) < 4.78 is 13.8. The van der Waals surface area contributed by atoms with Gasteiger partial charge in [0.1, 0.15) is 17.4 Å². The van der Waals surface area contributed by atoms with Gasteiger partial charge in [-0.25, -0.2) is 9.37 Å². The molecule has 1 aromatic heterocycles. The fourth-order valence-electron chi connectivity index (χ4n) is 4.77. The number of carbonyl (C=O) groups excluding carboxylic acids is 2. The van der Waals surface area contributed by atoms with Gasteiger partial charge in [-0.2, -0.15) is 0 Å². The normalized spacial score (nSPS) is 19.1. The number of nitrogens with one attached hydrogen (secondary N) is 1. The second kappa shape index (κ2) is 9.58. The van der Waals surface area contributed by atoms with Crippen LogP contribution in [0.2, 0.25) is 0 Å². The minimum atomic E-state index is -0.390. The van der Waals surface area contributed by atoms with Gasteiger partial charge < -0.3 is 10.2 Å². The molecule has 0 aliphatic carbocycles. The molecular weight excluding hydrogens is 393 g/mol. The Kier molecular flexibility index (Phi) is 6.64. The maximum atomic E-state index is 13.8. The van der Waals surface area contributed by atoms with Crippen molar-refractivity contribution < 1.29 is 14.0 Å². The van der Waals surface area contributed by atoms with E-state index in [4.69, 9.17) is 4.98 Å². The third kappa shape index (κ3) is 5.12. The molecule has 1 amide bonds. The SMILES string of the molecule is CC(=O)C[C@@H](c1cccc(F)c1)N1CCC(CCCc2ccc3c(n2)NCCC3)C1=O. The van der Waals surface area contributed by atoms with Gasteiger partial charge in [-0.3, -0.25) is 9.59 Å². The minimum absolute atomic E-state index is 0.00222. The van der Waals surface area contributed by atoms with Gasteiger partial charge in [0.15, 0.2) is 0 Å². The van der Waals surface area contributed by atoms with Crippen molar-refractivity contribution in [3.8, 4) is 0 Å². The average molecular weight is 424 g/mol. The number of hydrogen-bond donors (Lipinski definition) is 1. The highest BCUT2D eigenvalue weighted by molar-refractivity contribution is 5.83. The third-order valence-corrected chi connectivity index (χ3v) is 6.38. The van der Waals surface area contributed by atoms with Crippen molar-refractivity contribution in [1.29, 1.82) is 0 Å². The summed E-state index contributed by atoms with van der Waals surface area (Å²) >= 11 is 0. The number of halogens is 1. The number of pyridine rings is 1. The molecule has 1 saturated heterocycles. The van der Waals surface area contributed by atoms with Crippen LogP contribution in [-0.4, -0.2) is 34.7 Å². The quantitative estimate of drug-likeness (QED) is 0.680. The molecule has 6 heteroatoms. The van der Waals surface area contributed by atoms with Gasteiger partial charge in [0.2, 0.25) is 5.91 Å². The smallest absolute Gasteiger partial charge is 0.226 e. The van der Waals surface area contributed by atoms with Crippen LogP contribution in [0, 0.1) is 11.7 Å². The molecule has 2 aliphatic heterocycles. The van der Waals surface area contributed by atoms with Crippen molar-refractivity contribution in [1.82, 2.24) is 9.88 Å². The van der Waals surface area contributed by atoms with Crippen molar-refractivity contribution in [2.45, 2.75) is 57.9 Å². The highest BCUT2D eigenvalue weighted by atomic mass is 19.1. The van der Waals surface area contributed by atoms with E-state index >= 15 is 0 Å². The van der Waals surface area contributed by atoms with Crippen LogP contribution in [0.4, 0.5) is 10.2 Å². The lowest BCUT2D eigenvalue weighted by atomic mass is 9.98. The molecule has 3 heterocycles. The van der Waals surface area contributed by atoms with Crippen molar-refractivity contribution in [2.24, 2.45) is 5.92 Å². The first-order chi connectivity index (χ1) is 15.0. The first-order valence-corrected chi connectivity index (χ1v) is 11.3. The van der Waals surface area contributed by atoms with Crippen LogP contribution in [0.25, 0.3) is 0 Å². The Morgan fingerprint density at radius 2 is 2.19 bits per heavy atom.